The molecule has 19 heavy (non-hydrogen) atoms. The summed E-state index contributed by atoms with van der Waals surface area (Å²) in [6.07, 6.45) is 10.6. The first-order valence-corrected chi connectivity index (χ1v) is 8.33. The zero-order valence-corrected chi connectivity index (χ0v) is 13.2. The largest absolute Gasteiger partial charge is 0.389 e. The van der Waals surface area contributed by atoms with Gasteiger partial charge in [0, 0.05) is 12.0 Å². The van der Waals surface area contributed by atoms with E-state index in [0.717, 1.165) is 31.6 Å². The minimum absolute atomic E-state index is 0.0141. The topological polar surface area (TPSA) is 46.2 Å². The average Bonchev–Trinajstić information content (AvgIpc) is 2.42. The number of rotatable bonds is 3. The summed E-state index contributed by atoms with van der Waals surface area (Å²) in [5, 5.41) is 11.6. The summed E-state index contributed by atoms with van der Waals surface area (Å²) in [6, 6.07) is 0. The normalized spacial score (nSPS) is 43.1. The lowest BCUT2D eigenvalue weighted by Crippen LogP contribution is -2.63. The van der Waals surface area contributed by atoms with Gasteiger partial charge in [-0.3, -0.25) is 0 Å². The maximum Gasteiger partial charge on any atom is 0.0766 e. The van der Waals surface area contributed by atoms with Gasteiger partial charge in [-0.25, -0.2) is 0 Å². The Morgan fingerprint density at radius 3 is 2.37 bits per heavy atom. The highest BCUT2D eigenvalue weighted by atomic mass is 16.3. The van der Waals surface area contributed by atoms with E-state index < -0.39 is 5.60 Å². The van der Waals surface area contributed by atoms with Crippen molar-refractivity contribution in [3.8, 4) is 0 Å². The van der Waals surface area contributed by atoms with Gasteiger partial charge in [0.1, 0.15) is 0 Å². The minimum Gasteiger partial charge on any atom is -0.389 e. The van der Waals surface area contributed by atoms with Crippen LogP contribution >= 0.6 is 0 Å². The summed E-state index contributed by atoms with van der Waals surface area (Å²) in [5.74, 6) is 0.763. The van der Waals surface area contributed by atoms with Gasteiger partial charge in [0.25, 0.3) is 0 Å². The molecule has 0 amide bonds. The first-order chi connectivity index (χ1) is 8.91. The number of nitrogens with two attached hydrogens (primary N) is 1. The Kier molecular flexibility index (Phi) is 4.32. The number of hydrogen-bond donors (Lipinski definition) is 2. The molecule has 0 aliphatic heterocycles. The van der Waals surface area contributed by atoms with Gasteiger partial charge in [-0.2, -0.15) is 0 Å². The summed E-state index contributed by atoms with van der Waals surface area (Å²) < 4.78 is 0. The third kappa shape index (κ3) is 2.35. The van der Waals surface area contributed by atoms with Gasteiger partial charge in [-0.05, 0) is 37.0 Å². The van der Waals surface area contributed by atoms with Crippen LogP contribution in [0.5, 0.6) is 0 Å². The molecule has 2 rings (SSSR count). The van der Waals surface area contributed by atoms with Crippen LogP contribution in [0.3, 0.4) is 0 Å². The second kappa shape index (κ2) is 5.37. The number of hydrogen-bond acceptors (Lipinski definition) is 2. The first kappa shape index (κ1) is 15.3. The first-order valence-electron chi connectivity index (χ1n) is 8.33. The monoisotopic (exact) mass is 267 g/mol. The van der Waals surface area contributed by atoms with Crippen LogP contribution in [0.15, 0.2) is 0 Å². The van der Waals surface area contributed by atoms with Gasteiger partial charge in [0.05, 0.1) is 5.60 Å². The van der Waals surface area contributed by atoms with Crippen molar-refractivity contribution < 1.29 is 5.11 Å². The highest BCUT2D eigenvalue weighted by Crippen LogP contribution is 2.58. The Hall–Kier alpha value is -0.0800. The average molecular weight is 267 g/mol. The molecule has 0 bridgehead atoms. The van der Waals surface area contributed by atoms with Crippen molar-refractivity contribution in [3.63, 3.8) is 0 Å². The molecule has 3 N–H and O–H groups in total. The van der Waals surface area contributed by atoms with Crippen LogP contribution in [-0.4, -0.2) is 17.3 Å². The number of aliphatic hydroxyl groups is 1. The highest BCUT2D eigenvalue weighted by Gasteiger charge is 2.58. The predicted molar refractivity (Wildman–Crippen MR) is 80.9 cm³/mol. The van der Waals surface area contributed by atoms with E-state index in [0.29, 0.717) is 6.54 Å². The lowest BCUT2D eigenvalue weighted by Gasteiger charge is -2.59. The van der Waals surface area contributed by atoms with E-state index in [1.54, 1.807) is 0 Å². The molecule has 0 saturated heterocycles. The van der Waals surface area contributed by atoms with Gasteiger partial charge in [0.15, 0.2) is 0 Å². The smallest absolute Gasteiger partial charge is 0.0766 e. The molecule has 0 heterocycles. The fourth-order valence-electron chi connectivity index (χ4n) is 5.04. The van der Waals surface area contributed by atoms with Gasteiger partial charge >= 0.3 is 0 Å². The zero-order chi connectivity index (χ0) is 14.1. The Balaban J connectivity index is 2.33. The fraction of sp³-hybridized carbons (Fsp3) is 1.00. The Morgan fingerprint density at radius 2 is 1.79 bits per heavy atom. The summed E-state index contributed by atoms with van der Waals surface area (Å²) in [4.78, 5) is 0. The molecule has 0 spiro atoms. The maximum absolute atomic E-state index is 11.6. The van der Waals surface area contributed by atoms with Crippen molar-refractivity contribution in [2.45, 2.75) is 84.2 Å². The molecular formula is C17H33NO. The molecule has 0 radical (unpaired) electrons. The SMILES string of the molecule is CCC1CCCC(CN)(C2(O)CCCCC2(C)C)C1. The second-order valence-corrected chi connectivity index (χ2v) is 7.81. The van der Waals surface area contributed by atoms with E-state index in [-0.39, 0.29) is 10.8 Å². The molecule has 2 nitrogen and oxygen atoms in total. The van der Waals surface area contributed by atoms with Crippen molar-refractivity contribution in [1.82, 2.24) is 0 Å². The van der Waals surface area contributed by atoms with Gasteiger partial charge in [-0.1, -0.05) is 52.9 Å². The van der Waals surface area contributed by atoms with Crippen LogP contribution in [0.4, 0.5) is 0 Å². The Labute approximate surface area is 119 Å². The summed E-state index contributed by atoms with van der Waals surface area (Å²) >= 11 is 0. The minimum atomic E-state index is -0.555. The molecule has 2 aliphatic rings. The zero-order valence-electron chi connectivity index (χ0n) is 13.2. The van der Waals surface area contributed by atoms with Crippen molar-refractivity contribution >= 4 is 0 Å². The van der Waals surface area contributed by atoms with Crippen LogP contribution in [0.1, 0.15) is 78.6 Å². The molecule has 0 aromatic rings. The third-order valence-corrected chi connectivity index (χ3v) is 6.50. The Morgan fingerprint density at radius 1 is 1.11 bits per heavy atom. The standard InChI is InChI=1S/C17H33NO/c1-4-14-8-7-10-16(12-14,13-18)17(19)11-6-5-9-15(17,2)3/h14,19H,4-13,18H2,1-3H3. The summed E-state index contributed by atoms with van der Waals surface area (Å²) in [5.41, 5.74) is 5.66. The molecule has 3 atom stereocenters. The molecule has 2 heteroatoms. The molecule has 2 saturated carbocycles. The van der Waals surface area contributed by atoms with Crippen molar-refractivity contribution in [2.24, 2.45) is 22.5 Å². The predicted octanol–water partition coefficient (Wildman–Crippen LogP) is 3.86. The van der Waals surface area contributed by atoms with Crippen LogP contribution in [0.25, 0.3) is 0 Å². The lowest BCUT2D eigenvalue weighted by molar-refractivity contribution is -0.197. The van der Waals surface area contributed by atoms with Crippen LogP contribution in [0.2, 0.25) is 0 Å². The van der Waals surface area contributed by atoms with Crippen LogP contribution < -0.4 is 5.73 Å². The molecule has 2 fully saturated rings. The third-order valence-electron chi connectivity index (χ3n) is 6.50. The van der Waals surface area contributed by atoms with Crippen molar-refractivity contribution in [3.05, 3.63) is 0 Å². The molecule has 0 aromatic carbocycles. The molecular weight excluding hydrogens is 234 g/mol. The van der Waals surface area contributed by atoms with Crippen molar-refractivity contribution in [1.29, 1.82) is 0 Å². The van der Waals surface area contributed by atoms with Gasteiger partial charge in [0.2, 0.25) is 0 Å². The van der Waals surface area contributed by atoms with Gasteiger partial charge in [-0.15, -0.1) is 0 Å². The molecule has 2 aliphatic carbocycles. The molecule has 0 aromatic heterocycles. The molecule has 112 valence electrons. The van der Waals surface area contributed by atoms with Gasteiger partial charge < -0.3 is 10.8 Å². The van der Waals surface area contributed by atoms with Crippen molar-refractivity contribution in [2.75, 3.05) is 6.54 Å². The fourth-order valence-corrected chi connectivity index (χ4v) is 5.04. The van der Waals surface area contributed by atoms with E-state index in [1.165, 1.54) is 32.1 Å². The van der Waals surface area contributed by atoms with E-state index in [1.807, 2.05) is 0 Å². The lowest BCUT2D eigenvalue weighted by atomic mass is 9.49. The van der Waals surface area contributed by atoms with E-state index in [2.05, 4.69) is 20.8 Å². The summed E-state index contributed by atoms with van der Waals surface area (Å²) in [7, 11) is 0. The van der Waals surface area contributed by atoms with E-state index >= 15 is 0 Å². The quantitative estimate of drug-likeness (QED) is 0.815. The van der Waals surface area contributed by atoms with Crippen LogP contribution in [0, 0.1) is 16.7 Å². The summed E-state index contributed by atoms with van der Waals surface area (Å²) in [6.45, 7) is 7.47. The molecule has 3 unspecified atom stereocenters. The second-order valence-electron chi connectivity index (χ2n) is 7.81. The maximum atomic E-state index is 11.6. The highest BCUT2D eigenvalue weighted by molar-refractivity contribution is 5.10. The van der Waals surface area contributed by atoms with E-state index in [9.17, 15) is 5.11 Å². The Bertz CT molecular complexity index is 314. The van der Waals surface area contributed by atoms with E-state index in [4.69, 9.17) is 5.73 Å². The van der Waals surface area contributed by atoms with Crippen LogP contribution in [-0.2, 0) is 0 Å².